The summed E-state index contributed by atoms with van der Waals surface area (Å²) in [5, 5.41) is 9.51. The smallest absolute Gasteiger partial charge is 0.330 e. The molecule has 2 rings (SSSR count). The normalized spacial score (nSPS) is 29.4. The van der Waals surface area contributed by atoms with Gasteiger partial charge in [-0.05, 0) is 19.3 Å². The van der Waals surface area contributed by atoms with Crippen molar-refractivity contribution in [2.45, 2.75) is 38.2 Å². The summed E-state index contributed by atoms with van der Waals surface area (Å²) in [5.41, 5.74) is -1.15. The molecule has 0 amide bonds. The fourth-order valence-electron chi connectivity index (χ4n) is 3.11. The highest BCUT2D eigenvalue weighted by Crippen LogP contribution is 2.45. The molecule has 0 spiro atoms. The number of epoxide rings is 1. The minimum absolute atomic E-state index is 0.0380. The maximum atomic E-state index is 12.6. The first-order chi connectivity index (χ1) is 11.0. The van der Waals surface area contributed by atoms with E-state index in [0.29, 0.717) is 19.4 Å². The van der Waals surface area contributed by atoms with Crippen molar-refractivity contribution < 1.29 is 33.7 Å². The Balaban J connectivity index is 2.09. The molecule has 1 N–H and O–H groups in total. The van der Waals surface area contributed by atoms with Gasteiger partial charge in [-0.25, -0.2) is 4.79 Å². The van der Waals surface area contributed by atoms with Crippen LogP contribution >= 0.6 is 0 Å². The lowest BCUT2D eigenvalue weighted by Gasteiger charge is -2.39. The molecule has 23 heavy (non-hydrogen) atoms. The summed E-state index contributed by atoms with van der Waals surface area (Å²) in [5.74, 6) is -2.97. The molecule has 0 aromatic heterocycles. The summed E-state index contributed by atoms with van der Waals surface area (Å²) in [4.78, 5) is 35.4. The second-order valence-corrected chi connectivity index (χ2v) is 5.97. The Morgan fingerprint density at radius 2 is 2.04 bits per heavy atom. The van der Waals surface area contributed by atoms with E-state index in [1.807, 2.05) is 0 Å². The summed E-state index contributed by atoms with van der Waals surface area (Å²) in [7, 11) is 0. The van der Waals surface area contributed by atoms with Crippen LogP contribution in [-0.4, -0.2) is 48.9 Å². The Bertz CT molecular complexity index is 483. The van der Waals surface area contributed by atoms with Crippen molar-refractivity contribution >= 4 is 17.9 Å². The van der Waals surface area contributed by atoms with E-state index in [0.717, 1.165) is 18.9 Å². The van der Waals surface area contributed by atoms with Crippen molar-refractivity contribution in [3.05, 3.63) is 12.7 Å². The first-order valence-electron chi connectivity index (χ1n) is 7.80. The van der Waals surface area contributed by atoms with Gasteiger partial charge in [-0.2, -0.15) is 0 Å². The molecular formula is C16H22O7. The van der Waals surface area contributed by atoms with Crippen molar-refractivity contribution in [1.29, 1.82) is 0 Å². The van der Waals surface area contributed by atoms with Crippen LogP contribution in [0.15, 0.2) is 12.7 Å². The molecule has 128 valence electrons. The number of carbonyl (C=O) groups excluding carboxylic acids is 2. The van der Waals surface area contributed by atoms with Gasteiger partial charge in [0.25, 0.3) is 0 Å². The molecule has 3 unspecified atom stereocenters. The van der Waals surface area contributed by atoms with Crippen molar-refractivity contribution in [1.82, 2.24) is 0 Å². The molecule has 1 saturated heterocycles. The van der Waals surface area contributed by atoms with E-state index in [2.05, 4.69) is 6.58 Å². The number of carboxylic acid groups (broad SMARTS) is 1. The highest BCUT2D eigenvalue weighted by Gasteiger charge is 2.51. The Morgan fingerprint density at radius 1 is 1.30 bits per heavy atom. The van der Waals surface area contributed by atoms with Gasteiger partial charge in [0.2, 0.25) is 0 Å². The van der Waals surface area contributed by atoms with Crippen LogP contribution in [0.3, 0.4) is 0 Å². The molecule has 0 radical (unpaired) electrons. The number of hydrogen-bond acceptors (Lipinski definition) is 6. The molecule has 7 nitrogen and oxygen atoms in total. The lowest BCUT2D eigenvalue weighted by atomic mass is 9.64. The van der Waals surface area contributed by atoms with E-state index in [1.54, 1.807) is 0 Å². The van der Waals surface area contributed by atoms with Crippen molar-refractivity contribution in [2.75, 3.05) is 19.8 Å². The van der Waals surface area contributed by atoms with E-state index in [1.165, 1.54) is 0 Å². The zero-order chi connectivity index (χ0) is 16.9. The number of esters is 2. The zero-order valence-electron chi connectivity index (χ0n) is 13.0. The third-order valence-electron chi connectivity index (χ3n) is 4.50. The monoisotopic (exact) mass is 326 g/mol. The standard InChI is InChI=1S/C16H22O7/c1-2-13(17)21-8-7-16(15(20)23-10-11-9-22-11)6-4-3-5-12(16)14(18)19/h2,11-12H,1,3-10H2,(H,18,19). The molecular weight excluding hydrogens is 304 g/mol. The van der Waals surface area contributed by atoms with E-state index < -0.39 is 29.2 Å². The summed E-state index contributed by atoms with van der Waals surface area (Å²) >= 11 is 0. The minimum atomic E-state index is -1.15. The molecule has 1 heterocycles. The van der Waals surface area contributed by atoms with Gasteiger partial charge in [-0.15, -0.1) is 0 Å². The van der Waals surface area contributed by atoms with Crippen LogP contribution in [0.5, 0.6) is 0 Å². The SMILES string of the molecule is C=CC(=O)OCCC1(C(=O)OCC2CO2)CCCCC1C(=O)O. The lowest BCUT2D eigenvalue weighted by molar-refractivity contribution is -0.173. The first kappa shape index (κ1) is 17.5. The average molecular weight is 326 g/mol. The maximum Gasteiger partial charge on any atom is 0.330 e. The third-order valence-corrected chi connectivity index (χ3v) is 4.50. The summed E-state index contributed by atoms with van der Waals surface area (Å²) in [6, 6.07) is 0. The first-order valence-corrected chi connectivity index (χ1v) is 7.80. The predicted octanol–water partition coefficient (Wildman–Crippen LogP) is 1.31. The Kier molecular flexibility index (Phi) is 5.76. The van der Waals surface area contributed by atoms with Crippen LogP contribution in [0.2, 0.25) is 0 Å². The molecule has 3 atom stereocenters. The van der Waals surface area contributed by atoms with E-state index in [-0.39, 0.29) is 25.7 Å². The van der Waals surface area contributed by atoms with E-state index in [4.69, 9.17) is 14.2 Å². The average Bonchev–Trinajstić information content (AvgIpc) is 3.36. The number of aliphatic carboxylic acids is 1. The van der Waals surface area contributed by atoms with Crippen LogP contribution in [0.1, 0.15) is 32.1 Å². The number of carbonyl (C=O) groups is 3. The number of rotatable bonds is 8. The van der Waals surface area contributed by atoms with Gasteiger partial charge < -0.3 is 19.3 Å². The Hall–Kier alpha value is -1.89. The zero-order valence-corrected chi connectivity index (χ0v) is 13.0. The van der Waals surface area contributed by atoms with Gasteiger partial charge in [0.15, 0.2) is 0 Å². The molecule has 0 aromatic carbocycles. The highest BCUT2D eigenvalue weighted by molar-refractivity contribution is 5.85. The summed E-state index contributed by atoms with van der Waals surface area (Å²) in [6.45, 7) is 3.96. The largest absolute Gasteiger partial charge is 0.481 e. The number of hydrogen-bond donors (Lipinski definition) is 1. The molecule has 0 aromatic rings. The van der Waals surface area contributed by atoms with Gasteiger partial charge in [-0.3, -0.25) is 9.59 Å². The van der Waals surface area contributed by atoms with Gasteiger partial charge in [0.1, 0.15) is 12.7 Å². The minimum Gasteiger partial charge on any atom is -0.481 e. The van der Waals surface area contributed by atoms with Crippen LogP contribution < -0.4 is 0 Å². The van der Waals surface area contributed by atoms with Gasteiger partial charge >= 0.3 is 17.9 Å². The van der Waals surface area contributed by atoms with Crippen molar-refractivity contribution in [3.63, 3.8) is 0 Å². The van der Waals surface area contributed by atoms with Crippen LogP contribution in [0.25, 0.3) is 0 Å². The van der Waals surface area contributed by atoms with E-state index >= 15 is 0 Å². The fraction of sp³-hybridized carbons (Fsp3) is 0.688. The van der Waals surface area contributed by atoms with Crippen LogP contribution in [0.4, 0.5) is 0 Å². The van der Waals surface area contributed by atoms with E-state index in [9.17, 15) is 19.5 Å². The Morgan fingerprint density at radius 3 is 2.65 bits per heavy atom. The van der Waals surface area contributed by atoms with Crippen LogP contribution in [0, 0.1) is 11.3 Å². The third kappa shape index (κ3) is 4.31. The molecule has 1 saturated carbocycles. The topological polar surface area (TPSA) is 102 Å². The van der Waals surface area contributed by atoms with Gasteiger partial charge in [0, 0.05) is 6.08 Å². The maximum absolute atomic E-state index is 12.6. The molecule has 7 heteroatoms. The summed E-state index contributed by atoms with van der Waals surface area (Å²) < 4.78 is 15.2. The fourth-order valence-corrected chi connectivity index (χ4v) is 3.11. The second-order valence-electron chi connectivity index (χ2n) is 5.97. The predicted molar refractivity (Wildman–Crippen MR) is 78.5 cm³/mol. The molecule has 0 bridgehead atoms. The highest BCUT2D eigenvalue weighted by atomic mass is 16.6. The lowest BCUT2D eigenvalue weighted by Crippen LogP contribution is -2.47. The summed E-state index contributed by atoms with van der Waals surface area (Å²) in [6.07, 6.45) is 3.42. The molecule has 1 aliphatic heterocycles. The van der Waals surface area contributed by atoms with Crippen LogP contribution in [-0.2, 0) is 28.6 Å². The Labute approximate surface area is 134 Å². The van der Waals surface area contributed by atoms with Gasteiger partial charge in [0.05, 0.1) is 24.5 Å². The number of carboxylic acids is 1. The second kappa shape index (κ2) is 7.59. The molecule has 2 fully saturated rings. The molecule has 2 aliphatic rings. The van der Waals surface area contributed by atoms with Gasteiger partial charge in [-0.1, -0.05) is 19.4 Å². The van der Waals surface area contributed by atoms with Crippen molar-refractivity contribution in [3.8, 4) is 0 Å². The number of ether oxygens (including phenoxy) is 3. The quantitative estimate of drug-likeness (QED) is 0.407. The van der Waals surface area contributed by atoms with Crippen molar-refractivity contribution in [2.24, 2.45) is 11.3 Å². The molecule has 1 aliphatic carbocycles.